The second-order valence-electron chi connectivity index (χ2n) is 4.78. The van der Waals surface area contributed by atoms with Crippen LogP contribution >= 0.6 is 0 Å². The van der Waals surface area contributed by atoms with Crippen LogP contribution in [0.3, 0.4) is 0 Å². The quantitative estimate of drug-likeness (QED) is 0.477. The predicted molar refractivity (Wildman–Crippen MR) is 77.0 cm³/mol. The molecule has 0 bridgehead atoms. The van der Waals surface area contributed by atoms with E-state index in [1.165, 1.54) is 0 Å². The first-order valence-electron chi connectivity index (χ1n) is 6.66. The molecule has 0 spiro atoms. The maximum absolute atomic E-state index is 5.71. The van der Waals surface area contributed by atoms with Crippen LogP contribution in [-0.4, -0.2) is 9.97 Å². The summed E-state index contributed by atoms with van der Waals surface area (Å²) in [5.41, 5.74) is 2.61. The summed E-state index contributed by atoms with van der Waals surface area (Å²) in [5, 5.41) is 0. The highest BCUT2D eigenvalue weighted by Crippen LogP contribution is 2.30. The fourth-order valence-electron chi connectivity index (χ4n) is 2.36. The van der Waals surface area contributed by atoms with Crippen molar-refractivity contribution in [2.45, 2.75) is 0 Å². The van der Waals surface area contributed by atoms with Gasteiger partial charge in [0.25, 0.3) is 11.8 Å². The SMILES string of the molecule is c1coc(-c2nc3cc4oc(-c5ccco5)nc4cc3o2)c1. The molecule has 0 aliphatic heterocycles. The Labute approximate surface area is 123 Å². The number of hydrogen-bond donors (Lipinski definition) is 0. The second kappa shape index (κ2) is 4.11. The lowest BCUT2D eigenvalue weighted by Gasteiger charge is -1.85. The van der Waals surface area contributed by atoms with Crippen molar-refractivity contribution in [1.82, 2.24) is 9.97 Å². The van der Waals surface area contributed by atoms with Crippen molar-refractivity contribution in [3.8, 4) is 23.3 Å². The summed E-state index contributed by atoms with van der Waals surface area (Å²) in [6.45, 7) is 0. The molecule has 4 aromatic heterocycles. The van der Waals surface area contributed by atoms with E-state index >= 15 is 0 Å². The Morgan fingerprint density at radius 2 is 1.18 bits per heavy atom. The van der Waals surface area contributed by atoms with Gasteiger partial charge in [-0.05, 0) is 24.3 Å². The minimum absolute atomic E-state index is 0.430. The summed E-state index contributed by atoms with van der Waals surface area (Å²) < 4.78 is 22.0. The summed E-state index contributed by atoms with van der Waals surface area (Å²) in [4.78, 5) is 8.81. The van der Waals surface area contributed by atoms with E-state index < -0.39 is 0 Å². The second-order valence-corrected chi connectivity index (χ2v) is 4.78. The van der Waals surface area contributed by atoms with Crippen molar-refractivity contribution >= 4 is 22.2 Å². The minimum Gasteiger partial charge on any atom is -0.459 e. The van der Waals surface area contributed by atoms with E-state index in [9.17, 15) is 0 Å². The zero-order valence-electron chi connectivity index (χ0n) is 11.1. The third-order valence-corrected chi connectivity index (χ3v) is 3.36. The first-order valence-corrected chi connectivity index (χ1v) is 6.66. The van der Waals surface area contributed by atoms with E-state index in [2.05, 4.69) is 9.97 Å². The van der Waals surface area contributed by atoms with E-state index in [1.807, 2.05) is 0 Å². The van der Waals surface area contributed by atoms with Crippen LogP contribution in [0.5, 0.6) is 0 Å². The molecule has 106 valence electrons. The predicted octanol–water partition coefficient (Wildman–Crippen LogP) is 4.49. The Kier molecular flexibility index (Phi) is 2.13. The van der Waals surface area contributed by atoms with Gasteiger partial charge in [-0.1, -0.05) is 0 Å². The van der Waals surface area contributed by atoms with Gasteiger partial charge in [-0.2, -0.15) is 0 Å². The van der Waals surface area contributed by atoms with Gasteiger partial charge >= 0.3 is 0 Å². The van der Waals surface area contributed by atoms with E-state index in [-0.39, 0.29) is 0 Å². The van der Waals surface area contributed by atoms with E-state index in [0.717, 1.165) is 0 Å². The number of nitrogens with zero attached hydrogens (tertiary/aromatic N) is 2. The van der Waals surface area contributed by atoms with Crippen LogP contribution in [0.4, 0.5) is 0 Å². The number of benzene rings is 1. The van der Waals surface area contributed by atoms with Gasteiger partial charge in [0.15, 0.2) is 22.7 Å². The molecule has 6 nitrogen and oxygen atoms in total. The number of oxazole rings is 2. The van der Waals surface area contributed by atoms with Crippen LogP contribution in [0.15, 0.2) is 66.6 Å². The Morgan fingerprint density at radius 1 is 0.682 bits per heavy atom. The van der Waals surface area contributed by atoms with E-state index in [1.54, 1.807) is 48.9 Å². The number of rotatable bonds is 2. The van der Waals surface area contributed by atoms with Crippen molar-refractivity contribution in [3.63, 3.8) is 0 Å². The molecule has 22 heavy (non-hydrogen) atoms. The lowest BCUT2D eigenvalue weighted by Crippen LogP contribution is -1.72. The lowest BCUT2D eigenvalue weighted by atomic mass is 10.3. The van der Waals surface area contributed by atoms with E-state index in [4.69, 9.17) is 17.7 Å². The smallest absolute Gasteiger partial charge is 0.263 e. The van der Waals surface area contributed by atoms with Gasteiger partial charge in [0, 0.05) is 12.1 Å². The molecule has 0 N–H and O–H groups in total. The van der Waals surface area contributed by atoms with Gasteiger partial charge in [0.05, 0.1) is 12.5 Å². The summed E-state index contributed by atoms with van der Waals surface area (Å²) in [7, 11) is 0. The third-order valence-electron chi connectivity index (χ3n) is 3.36. The summed E-state index contributed by atoms with van der Waals surface area (Å²) in [6.07, 6.45) is 3.15. The molecule has 5 rings (SSSR count). The highest BCUT2D eigenvalue weighted by Gasteiger charge is 2.15. The van der Waals surface area contributed by atoms with Crippen molar-refractivity contribution < 1.29 is 17.7 Å². The number of hydrogen-bond acceptors (Lipinski definition) is 6. The number of furan rings is 2. The summed E-state index contributed by atoms with van der Waals surface area (Å²) in [5.74, 6) is 2.02. The molecule has 5 aromatic rings. The standard InChI is InChI=1S/C16H8N2O4/c1-3-11(19-5-1)15-17-9-7-14-10(8-13(9)21-15)18-16(22-14)12-4-2-6-20-12/h1-8H. The molecule has 0 fully saturated rings. The van der Waals surface area contributed by atoms with Gasteiger partial charge in [0.2, 0.25) is 0 Å². The van der Waals surface area contributed by atoms with Crippen LogP contribution < -0.4 is 0 Å². The molecular formula is C16H8N2O4. The fraction of sp³-hybridized carbons (Fsp3) is 0. The van der Waals surface area contributed by atoms with Crippen LogP contribution in [-0.2, 0) is 0 Å². The molecular weight excluding hydrogens is 284 g/mol. The molecule has 0 saturated heterocycles. The van der Waals surface area contributed by atoms with Gasteiger partial charge in [-0.15, -0.1) is 0 Å². The Morgan fingerprint density at radius 3 is 1.59 bits per heavy atom. The average Bonchev–Trinajstić information content (AvgIpc) is 3.27. The molecule has 0 aliphatic carbocycles. The Balaban J connectivity index is 1.69. The van der Waals surface area contributed by atoms with Crippen LogP contribution in [0.1, 0.15) is 0 Å². The summed E-state index contributed by atoms with van der Waals surface area (Å²) >= 11 is 0. The molecule has 1 aromatic carbocycles. The molecule has 6 heteroatoms. The van der Waals surface area contributed by atoms with Crippen molar-refractivity contribution in [2.24, 2.45) is 0 Å². The molecule has 4 heterocycles. The normalized spacial score (nSPS) is 11.6. The number of aromatic nitrogens is 2. The Bertz CT molecular complexity index is 934. The topological polar surface area (TPSA) is 78.3 Å². The first-order chi connectivity index (χ1) is 10.9. The van der Waals surface area contributed by atoms with Crippen LogP contribution in [0, 0.1) is 0 Å². The molecule has 0 atom stereocenters. The molecule has 0 amide bonds. The molecule has 0 unspecified atom stereocenters. The highest BCUT2D eigenvalue weighted by atomic mass is 16.4. The summed E-state index contributed by atoms with van der Waals surface area (Å²) in [6, 6.07) is 10.7. The largest absolute Gasteiger partial charge is 0.459 e. The van der Waals surface area contributed by atoms with Crippen molar-refractivity contribution in [3.05, 3.63) is 48.9 Å². The third kappa shape index (κ3) is 1.61. The van der Waals surface area contributed by atoms with Crippen molar-refractivity contribution in [2.75, 3.05) is 0 Å². The maximum Gasteiger partial charge on any atom is 0.263 e. The van der Waals surface area contributed by atoms with Gasteiger partial charge in [0.1, 0.15) is 11.0 Å². The minimum atomic E-state index is 0.430. The van der Waals surface area contributed by atoms with Crippen molar-refractivity contribution in [1.29, 1.82) is 0 Å². The van der Waals surface area contributed by atoms with Gasteiger partial charge in [-0.3, -0.25) is 0 Å². The molecule has 0 saturated carbocycles. The fourth-order valence-corrected chi connectivity index (χ4v) is 2.36. The van der Waals surface area contributed by atoms with E-state index in [0.29, 0.717) is 45.5 Å². The van der Waals surface area contributed by atoms with Crippen LogP contribution in [0.2, 0.25) is 0 Å². The zero-order chi connectivity index (χ0) is 14.5. The first kappa shape index (κ1) is 11.4. The highest BCUT2D eigenvalue weighted by molar-refractivity contribution is 5.90. The lowest BCUT2D eigenvalue weighted by molar-refractivity contribution is 0.535. The van der Waals surface area contributed by atoms with Gasteiger partial charge < -0.3 is 17.7 Å². The average molecular weight is 292 g/mol. The maximum atomic E-state index is 5.71. The van der Waals surface area contributed by atoms with Gasteiger partial charge in [-0.25, -0.2) is 9.97 Å². The number of fused-ring (bicyclic) bond motifs is 2. The molecule has 0 aliphatic rings. The monoisotopic (exact) mass is 292 g/mol. The van der Waals surface area contributed by atoms with Crippen LogP contribution in [0.25, 0.3) is 45.5 Å². The molecule has 0 radical (unpaired) electrons. The Hall–Kier alpha value is -3.28. The zero-order valence-corrected chi connectivity index (χ0v) is 11.1.